The SMILES string of the molecule is O=C(NCCNC(=O)c1ccc2ccccc2c1)c1ccc(O[C@H]2CC[C@H](C(=O)O)CC2)cc1. The summed E-state index contributed by atoms with van der Waals surface area (Å²) < 4.78 is 5.94. The molecule has 0 heterocycles. The fourth-order valence-corrected chi connectivity index (χ4v) is 4.19. The summed E-state index contributed by atoms with van der Waals surface area (Å²) in [5.74, 6) is -0.754. The molecule has 1 aliphatic rings. The predicted molar refractivity (Wildman–Crippen MR) is 129 cm³/mol. The minimum absolute atomic E-state index is 0.00138. The van der Waals surface area contributed by atoms with E-state index in [2.05, 4.69) is 10.6 Å². The number of ether oxygens (including phenoxy) is 1. The number of rotatable bonds is 8. The number of amides is 2. The van der Waals surface area contributed by atoms with Crippen LogP contribution in [0.25, 0.3) is 10.8 Å². The average molecular weight is 461 g/mol. The van der Waals surface area contributed by atoms with E-state index in [0.29, 0.717) is 55.6 Å². The largest absolute Gasteiger partial charge is 0.490 e. The van der Waals surface area contributed by atoms with Gasteiger partial charge < -0.3 is 20.5 Å². The van der Waals surface area contributed by atoms with Gasteiger partial charge in [-0.15, -0.1) is 0 Å². The van der Waals surface area contributed by atoms with Crippen LogP contribution in [0.3, 0.4) is 0 Å². The third kappa shape index (κ3) is 5.92. The van der Waals surface area contributed by atoms with Crippen LogP contribution in [-0.4, -0.2) is 42.1 Å². The zero-order valence-electron chi connectivity index (χ0n) is 18.8. The molecule has 0 spiro atoms. The number of aliphatic carboxylic acids is 1. The Kier molecular flexibility index (Phi) is 7.42. The maximum absolute atomic E-state index is 12.4. The molecule has 176 valence electrons. The molecular weight excluding hydrogens is 432 g/mol. The first-order chi connectivity index (χ1) is 16.5. The van der Waals surface area contributed by atoms with Crippen molar-refractivity contribution in [2.24, 2.45) is 5.92 Å². The van der Waals surface area contributed by atoms with Gasteiger partial charge in [-0.25, -0.2) is 0 Å². The van der Waals surface area contributed by atoms with Crippen LogP contribution in [0.5, 0.6) is 5.75 Å². The van der Waals surface area contributed by atoms with Crippen molar-refractivity contribution < 1.29 is 24.2 Å². The number of hydrogen-bond donors (Lipinski definition) is 3. The molecule has 1 fully saturated rings. The van der Waals surface area contributed by atoms with Gasteiger partial charge in [-0.2, -0.15) is 0 Å². The average Bonchev–Trinajstić information content (AvgIpc) is 2.87. The first-order valence-electron chi connectivity index (χ1n) is 11.5. The van der Waals surface area contributed by atoms with E-state index >= 15 is 0 Å². The lowest BCUT2D eigenvalue weighted by molar-refractivity contribution is -0.143. The highest BCUT2D eigenvalue weighted by atomic mass is 16.5. The molecule has 0 radical (unpaired) electrons. The second-order valence-electron chi connectivity index (χ2n) is 8.53. The molecule has 7 heteroatoms. The Morgan fingerprint density at radius 1 is 0.765 bits per heavy atom. The summed E-state index contributed by atoms with van der Waals surface area (Å²) in [6.45, 7) is 0.626. The number of carboxylic acid groups (broad SMARTS) is 1. The maximum atomic E-state index is 12.4. The molecule has 3 N–H and O–H groups in total. The van der Waals surface area contributed by atoms with Crippen molar-refractivity contribution in [2.75, 3.05) is 13.1 Å². The van der Waals surface area contributed by atoms with Gasteiger partial charge >= 0.3 is 5.97 Å². The van der Waals surface area contributed by atoms with Gasteiger partial charge in [-0.05, 0) is 72.9 Å². The van der Waals surface area contributed by atoms with Crippen molar-refractivity contribution in [1.29, 1.82) is 0 Å². The molecule has 1 aliphatic carbocycles. The second kappa shape index (κ2) is 10.8. The van der Waals surface area contributed by atoms with E-state index in [1.807, 2.05) is 36.4 Å². The molecule has 1 saturated carbocycles. The fraction of sp³-hybridized carbons (Fsp3) is 0.296. The normalized spacial score (nSPS) is 17.6. The first-order valence-corrected chi connectivity index (χ1v) is 11.5. The summed E-state index contributed by atoms with van der Waals surface area (Å²) in [7, 11) is 0. The minimum Gasteiger partial charge on any atom is -0.490 e. The first kappa shape index (κ1) is 23.3. The summed E-state index contributed by atoms with van der Waals surface area (Å²) in [6, 6.07) is 20.3. The van der Waals surface area contributed by atoms with E-state index in [9.17, 15) is 14.4 Å². The molecule has 0 saturated heterocycles. The molecule has 0 bridgehead atoms. The molecule has 0 atom stereocenters. The van der Waals surface area contributed by atoms with Crippen molar-refractivity contribution in [3.05, 3.63) is 77.9 Å². The van der Waals surface area contributed by atoms with Crippen LogP contribution in [0.2, 0.25) is 0 Å². The number of hydrogen-bond acceptors (Lipinski definition) is 4. The molecule has 3 aromatic carbocycles. The summed E-state index contributed by atoms with van der Waals surface area (Å²) in [5, 5.41) is 16.8. The van der Waals surface area contributed by atoms with Crippen LogP contribution in [-0.2, 0) is 4.79 Å². The van der Waals surface area contributed by atoms with Crippen LogP contribution < -0.4 is 15.4 Å². The van der Waals surface area contributed by atoms with E-state index in [1.54, 1.807) is 30.3 Å². The molecule has 4 rings (SSSR count). The van der Waals surface area contributed by atoms with Gasteiger partial charge in [0.15, 0.2) is 0 Å². The Balaban J connectivity index is 1.19. The molecule has 0 aromatic heterocycles. The van der Waals surface area contributed by atoms with Crippen molar-refractivity contribution in [2.45, 2.75) is 31.8 Å². The highest BCUT2D eigenvalue weighted by Gasteiger charge is 2.26. The van der Waals surface area contributed by atoms with Crippen molar-refractivity contribution >= 4 is 28.6 Å². The molecule has 34 heavy (non-hydrogen) atoms. The minimum atomic E-state index is -0.734. The molecule has 2 amide bonds. The number of fused-ring (bicyclic) bond motifs is 1. The Labute approximate surface area is 198 Å². The lowest BCUT2D eigenvalue weighted by Crippen LogP contribution is -2.34. The highest BCUT2D eigenvalue weighted by Crippen LogP contribution is 2.28. The predicted octanol–water partition coefficient (Wildman–Crippen LogP) is 4.02. The monoisotopic (exact) mass is 460 g/mol. The van der Waals surface area contributed by atoms with Crippen LogP contribution in [0, 0.1) is 5.92 Å². The number of benzene rings is 3. The Morgan fingerprint density at radius 3 is 2.00 bits per heavy atom. The van der Waals surface area contributed by atoms with Gasteiger partial charge in [-0.1, -0.05) is 30.3 Å². The lowest BCUT2D eigenvalue weighted by atomic mass is 9.87. The van der Waals surface area contributed by atoms with E-state index < -0.39 is 5.97 Å². The molecule has 0 aliphatic heterocycles. The van der Waals surface area contributed by atoms with Crippen LogP contribution in [0.15, 0.2) is 66.7 Å². The van der Waals surface area contributed by atoms with Gasteiger partial charge in [0, 0.05) is 24.2 Å². The Hall–Kier alpha value is -3.87. The smallest absolute Gasteiger partial charge is 0.306 e. The number of nitrogens with one attached hydrogen (secondary N) is 2. The van der Waals surface area contributed by atoms with Crippen LogP contribution in [0.4, 0.5) is 0 Å². The van der Waals surface area contributed by atoms with E-state index in [-0.39, 0.29) is 23.8 Å². The summed E-state index contributed by atoms with van der Waals surface area (Å²) in [5.41, 5.74) is 1.08. The summed E-state index contributed by atoms with van der Waals surface area (Å²) in [6.07, 6.45) is 2.67. The van der Waals surface area contributed by atoms with Gasteiger partial charge in [0.1, 0.15) is 5.75 Å². The second-order valence-corrected chi connectivity index (χ2v) is 8.53. The van der Waals surface area contributed by atoms with E-state index in [4.69, 9.17) is 9.84 Å². The molecule has 7 nitrogen and oxygen atoms in total. The van der Waals surface area contributed by atoms with Crippen molar-refractivity contribution in [3.63, 3.8) is 0 Å². The van der Waals surface area contributed by atoms with Gasteiger partial charge in [0.2, 0.25) is 0 Å². The highest BCUT2D eigenvalue weighted by molar-refractivity contribution is 5.98. The molecular formula is C27H28N2O5. The summed E-state index contributed by atoms with van der Waals surface area (Å²) in [4.78, 5) is 35.8. The van der Waals surface area contributed by atoms with E-state index in [1.165, 1.54) is 0 Å². The zero-order chi connectivity index (χ0) is 23.9. The van der Waals surface area contributed by atoms with Crippen molar-refractivity contribution in [3.8, 4) is 5.75 Å². The fourth-order valence-electron chi connectivity index (χ4n) is 4.19. The quantitative estimate of drug-likeness (QED) is 0.441. The topological polar surface area (TPSA) is 105 Å². The number of carbonyl (C=O) groups excluding carboxylic acids is 2. The third-order valence-electron chi connectivity index (χ3n) is 6.15. The van der Waals surface area contributed by atoms with Crippen LogP contribution >= 0.6 is 0 Å². The van der Waals surface area contributed by atoms with Gasteiger partial charge in [0.25, 0.3) is 11.8 Å². The van der Waals surface area contributed by atoms with E-state index in [0.717, 1.165) is 10.8 Å². The van der Waals surface area contributed by atoms with Crippen LogP contribution in [0.1, 0.15) is 46.4 Å². The maximum Gasteiger partial charge on any atom is 0.306 e. The Morgan fingerprint density at radius 2 is 1.35 bits per heavy atom. The molecule has 3 aromatic rings. The lowest BCUT2D eigenvalue weighted by Gasteiger charge is -2.26. The Bertz CT molecular complexity index is 1170. The number of carboxylic acids is 1. The number of carbonyl (C=O) groups is 3. The third-order valence-corrected chi connectivity index (χ3v) is 6.15. The van der Waals surface area contributed by atoms with Gasteiger partial charge in [-0.3, -0.25) is 14.4 Å². The molecule has 0 unspecified atom stereocenters. The van der Waals surface area contributed by atoms with Crippen molar-refractivity contribution in [1.82, 2.24) is 10.6 Å². The summed E-state index contributed by atoms with van der Waals surface area (Å²) >= 11 is 0. The zero-order valence-corrected chi connectivity index (χ0v) is 18.8. The van der Waals surface area contributed by atoms with Gasteiger partial charge in [0.05, 0.1) is 12.0 Å². The standard InChI is InChI=1S/C27H28N2O5/c30-25(19-7-11-23(12-8-19)34-24-13-9-20(10-14-24)27(32)33)28-15-16-29-26(31)22-6-5-18-3-1-2-4-21(18)17-22/h1-8,11-12,17,20,24H,9-10,13-16H2,(H,28,30)(H,29,31)(H,32,33)/t20-,24-.